The first-order valence-electron chi connectivity index (χ1n) is 7.77. The lowest BCUT2D eigenvalue weighted by molar-refractivity contribution is -0.116. The molecule has 130 valence electrons. The standard InChI is InChI=1S/C17H17ClFN5O/c1-12-15(18)11-24(21-12)8-6-17(25)20-16-5-7-23(22-16)10-13-3-2-4-14(19)9-13/h2-5,7,9,11H,6,8,10H2,1H3,(H,20,22,25). The van der Waals surface area contributed by atoms with Crippen molar-refractivity contribution in [2.75, 3.05) is 5.32 Å². The zero-order valence-corrected chi connectivity index (χ0v) is 14.4. The molecule has 1 amide bonds. The maximum absolute atomic E-state index is 13.2. The number of nitrogens with one attached hydrogen (secondary N) is 1. The van der Waals surface area contributed by atoms with Crippen LogP contribution in [0, 0.1) is 12.7 Å². The zero-order chi connectivity index (χ0) is 17.8. The Kier molecular flexibility index (Phi) is 5.14. The lowest BCUT2D eigenvalue weighted by atomic mass is 10.2. The van der Waals surface area contributed by atoms with E-state index in [4.69, 9.17) is 11.6 Å². The number of hydrogen-bond donors (Lipinski definition) is 1. The van der Waals surface area contributed by atoms with Crippen molar-refractivity contribution in [3.8, 4) is 0 Å². The number of rotatable bonds is 6. The van der Waals surface area contributed by atoms with E-state index in [9.17, 15) is 9.18 Å². The van der Waals surface area contributed by atoms with Crippen LogP contribution in [-0.4, -0.2) is 25.5 Å². The Balaban J connectivity index is 1.53. The molecule has 6 nitrogen and oxygen atoms in total. The maximum atomic E-state index is 13.2. The second-order valence-corrected chi connectivity index (χ2v) is 6.06. The van der Waals surface area contributed by atoms with Crippen molar-refractivity contribution < 1.29 is 9.18 Å². The Bertz CT molecular complexity index is 869. The number of amides is 1. The van der Waals surface area contributed by atoms with Crippen LogP contribution < -0.4 is 5.32 Å². The Morgan fingerprint density at radius 2 is 2.12 bits per heavy atom. The second-order valence-electron chi connectivity index (χ2n) is 5.65. The van der Waals surface area contributed by atoms with Crippen LogP contribution in [0.25, 0.3) is 0 Å². The van der Waals surface area contributed by atoms with Crippen LogP contribution in [0.2, 0.25) is 5.02 Å². The highest BCUT2D eigenvalue weighted by Gasteiger charge is 2.08. The molecule has 0 aliphatic heterocycles. The van der Waals surface area contributed by atoms with Gasteiger partial charge in [-0.05, 0) is 24.6 Å². The van der Waals surface area contributed by atoms with Gasteiger partial charge in [-0.25, -0.2) is 4.39 Å². The first kappa shape index (κ1) is 17.2. The average Bonchev–Trinajstić information content (AvgIpc) is 3.12. The van der Waals surface area contributed by atoms with Crippen LogP contribution in [0.3, 0.4) is 0 Å². The van der Waals surface area contributed by atoms with Crippen LogP contribution in [0.5, 0.6) is 0 Å². The third-order valence-electron chi connectivity index (χ3n) is 3.60. The summed E-state index contributed by atoms with van der Waals surface area (Å²) in [5.74, 6) is 0.00325. The summed E-state index contributed by atoms with van der Waals surface area (Å²) >= 11 is 5.93. The topological polar surface area (TPSA) is 64.7 Å². The Labute approximate surface area is 149 Å². The number of carbonyl (C=O) groups excluding carboxylic acids is 1. The fourth-order valence-electron chi connectivity index (χ4n) is 2.37. The molecular formula is C17H17ClFN5O. The Hall–Kier alpha value is -2.67. The van der Waals surface area contributed by atoms with E-state index in [0.717, 1.165) is 11.3 Å². The van der Waals surface area contributed by atoms with E-state index >= 15 is 0 Å². The van der Waals surface area contributed by atoms with Crippen molar-refractivity contribution in [3.05, 3.63) is 64.8 Å². The van der Waals surface area contributed by atoms with E-state index in [0.29, 0.717) is 23.9 Å². The first-order chi connectivity index (χ1) is 12.0. The van der Waals surface area contributed by atoms with Gasteiger partial charge in [0.15, 0.2) is 5.82 Å². The molecule has 0 radical (unpaired) electrons. The molecule has 2 heterocycles. The normalized spacial score (nSPS) is 10.8. The molecular weight excluding hydrogens is 345 g/mol. The summed E-state index contributed by atoms with van der Waals surface area (Å²) in [6.07, 6.45) is 3.68. The van der Waals surface area contributed by atoms with Crippen molar-refractivity contribution in [3.63, 3.8) is 0 Å². The number of carbonyl (C=O) groups is 1. The summed E-state index contributed by atoms with van der Waals surface area (Å²) in [4.78, 5) is 12.0. The van der Waals surface area contributed by atoms with E-state index in [-0.39, 0.29) is 18.1 Å². The predicted octanol–water partition coefficient (Wildman–Crippen LogP) is 3.26. The van der Waals surface area contributed by atoms with Crippen molar-refractivity contribution in [2.24, 2.45) is 0 Å². The van der Waals surface area contributed by atoms with Gasteiger partial charge in [-0.15, -0.1) is 0 Å². The highest BCUT2D eigenvalue weighted by atomic mass is 35.5. The predicted molar refractivity (Wildman–Crippen MR) is 92.9 cm³/mol. The Morgan fingerprint density at radius 3 is 2.84 bits per heavy atom. The van der Waals surface area contributed by atoms with Crippen LogP contribution in [0.1, 0.15) is 17.7 Å². The molecule has 0 atom stereocenters. The summed E-state index contributed by atoms with van der Waals surface area (Å²) < 4.78 is 16.5. The molecule has 0 aliphatic carbocycles. The van der Waals surface area contributed by atoms with Crippen LogP contribution in [0.15, 0.2) is 42.7 Å². The quantitative estimate of drug-likeness (QED) is 0.733. The molecule has 0 spiro atoms. The molecule has 8 heteroatoms. The smallest absolute Gasteiger partial charge is 0.227 e. The van der Waals surface area contributed by atoms with E-state index in [1.807, 2.05) is 13.0 Å². The van der Waals surface area contributed by atoms with Crippen molar-refractivity contribution in [1.29, 1.82) is 0 Å². The van der Waals surface area contributed by atoms with Gasteiger partial charge < -0.3 is 5.32 Å². The number of anilines is 1. The number of halogens is 2. The van der Waals surface area contributed by atoms with Gasteiger partial charge in [-0.2, -0.15) is 10.2 Å². The summed E-state index contributed by atoms with van der Waals surface area (Å²) in [5, 5.41) is 11.8. The number of benzene rings is 1. The Morgan fingerprint density at radius 1 is 1.28 bits per heavy atom. The molecule has 0 aliphatic rings. The largest absolute Gasteiger partial charge is 0.309 e. The zero-order valence-electron chi connectivity index (χ0n) is 13.6. The third kappa shape index (κ3) is 4.67. The summed E-state index contributed by atoms with van der Waals surface area (Å²) in [5.41, 5.74) is 1.53. The first-order valence-corrected chi connectivity index (χ1v) is 8.15. The second kappa shape index (κ2) is 7.48. The monoisotopic (exact) mass is 361 g/mol. The molecule has 0 fully saturated rings. The van der Waals surface area contributed by atoms with Gasteiger partial charge in [0.2, 0.25) is 5.91 Å². The number of aromatic nitrogens is 4. The van der Waals surface area contributed by atoms with Crippen molar-refractivity contribution >= 4 is 23.3 Å². The number of aryl methyl sites for hydroxylation is 2. The van der Waals surface area contributed by atoms with E-state index in [2.05, 4.69) is 15.5 Å². The minimum atomic E-state index is -0.285. The highest BCUT2D eigenvalue weighted by Crippen LogP contribution is 2.12. The number of nitrogens with zero attached hydrogens (tertiary/aromatic N) is 4. The molecule has 0 unspecified atom stereocenters. The number of hydrogen-bond acceptors (Lipinski definition) is 3. The van der Waals surface area contributed by atoms with Gasteiger partial charge in [-0.1, -0.05) is 23.7 Å². The molecule has 3 aromatic rings. The van der Waals surface area contributed by atoms with Crippen LogP contribution >= 0.6 is 11.6 Å². The molecule has 0 saturated heterocycles. The van der Waals surface area contributed by atoms with Gasteiger partial charge >= 0.3 is 0 Å². The fraction of sp³-hybridized carbons (Fsp3) is 0.235. The fourth-order valence-corrected chi connectivity index (χ4v) is 2.52. The molecule has 1 aromatic carbocycles. The molecule has 3 rings (SSSR count). The van der Waals surface area contributed by atoms with Crippen LogP contribution in [0.4, 0.5) is 10.2 Å². The van der Waals surface area contributed by atoms with E-state index in [1.54, 1.807) is 33.9 Å². The summed E-state index contributed by atoms with van der Waals surface area (Å²) in [6, 6.07) is 8.02. The van der Waals surface area contributed by atoms with Gasteiger partial charge in [0.1, 0.15) is 5.82 Å². The van der Waals surface area contributed by atoms with Crippen molar-refractivity contribution in [2.45, 2.75) is 26.4 Å². The van der Waals surface area contributed by atoms with E-state index in [1.165, 1.54) is 12.1 Å². The maximum Gasteiger partial charge on any atom is 0.227 e. The lowest BCUT2D eigenvalue weighted by Crippen LogP contribution is -2.15. The highest BCUT2D eigenvalue weighted by molar-refractivity contribution is 6.31. The van der Waals surface area contributed by atoms with Gasteiger partial charge in [0.05, 0.1) is 17.3 Å². The van der Waals surface area contributed by atoms with Gasteiger partial charge in [0.25, 0.3) is 0 Å². The summed E-state index contributed by atoms with van der Waals surface area (Å²) in [7, 11) is 0. The lowest BCUT2D eigenvalue weighted by Gasteiger charge is -2.04. The molecule has 1 N–H and O–H groups in total. The van der Waals surface area contributed by atoms with Gasteiger partial charge in [-0.3, -0.25) is 14.2 Å². The minimum absolute atomic E-state index is 0.166. The van der Waals surface area contributed by atoms with Gasteiger partial charge in [0, 0.05) is 31.4 Å². The summed E-state index contributed by atoms with van der Waals surface area (Å²) in [6.45, 7) is 2.67. The third-order valence-corrected chi connectivity index (χ3v) is 3.97. The van der Waals surface area contributed by atoms with Crippen molar-refractivity contribution in [1.82, 2.24) is 19.6 Å². The van der Waals surface area contributed by atoms with Crippen LogP contribution in [-0.2, 0) is 17.9 Å². The SMILES string of the molecule is Cc1nn(CCC(=O)Nc2ccn(Cc3cccc(F)c3)n2)cc1Cl. The molecule has 0 bridgehead atoms. The molecule has 25 heavy (non-hydrogen) atoms. The van der Waals surface area contributed by atoms with E-state index < -0.39 is 0 Å². The average molecular weight is 362 g/mol. The molecule has 2 aromatic heterocycles. The molecule has 0 saturated carbocycles. The minimum Gasteiger partial charge on any atom is -0.309 e.